The Morgan fingerprint density at radius 3 is 2.60 bits per heavy atom. The van der Waals surface area contributed by atoms with Crippen LogP contribution < -0.4 is 11.0 Å². The van der Waals surface area contributed by atoms with Crippen molar-refractivity contribution in [2.24, 2.45) is 0 Å². The van der Waals surface area contributed by atoms with Crippen LogP contribution in [-0.4, -0.2) is 73.0 Å². The zero-order valence-corrected chi connectivity index (χ0v) is 23.4. The first-order valence-corrected chi connectivity index (χ1v) is 14.0. The largest absolute Gasteiger partial charge is 0.343 e. The second kappa shape index (κ2) is 11.0. The second-order valence-electron chi connectivity index (χ2n) is 11.1. The van der Waals surface area contributed by atoms with Crippen molar-refractivity contribution in [2.75, 3.05) is 27.2 Å². The third kappa shape index (κ3) is 4.92. The van der Waals surface area contributed by atoms with Crippen LogP contribution in [0.2, 0.25) is 0 Å². The maximum Gasteiger partial charge on any atom is 0.327 e. The molecule has 0 saturated carbocycles. The van der Waals surface area contributed by atoms with Gasteiger partial charge in [0.1, 0.15) is 11.5 Å². The first-order chi connectivity index (χ1) is 20.2. The number of nitrogens with one attached hydrogen (secondary N) is 2. The third-order valence-corrected chi connectivity index (χ3v) is 8.36. The Bertz CT molecular complexity index is 1700. The van der Waals surface area contributed by atoms with Crippen molar-refractivity contribution in [3.63, 3.8) is 0 Å². The Morgan fingerprint density at radius 2 is 1.83 bits per heavy atom. The number of halogens is 2. The van der Waals surface area contributed by atoms with Gasteiger partial charge in [0.05, 0.1) is 17.8 Å². The van der Waals surface area contributed by atoms with Crippen molar-refractivity contribution in [1.82, 2.24) is 39.2 Å². The number of piperidine rings is 1. The van der Waals surface area contributed by atoms with Gasteiger partial charge in [-0.05, 0) is 49.4 Å². The molecule has 11 nitrogen and oxygen atoms in total. The molecule has 2 N–H and O–H groups in total. The lowest BCUT2D eigenvalue weighted by Crippen LogP contribution is -2.46. The smallest absolute Gasteiger partial charge is 0.327 e. The molecule has 0 aliphatic carbocycles. The average molecular weight is 579 g/mol. The molecule has 5 heterocycles. The summed E-state index contributed by atoms with van der Waals surface area (Å²) in [6, 6.07) is 6.87. The van der Waals surface area contributed by atoms with E-state index < -0.39 is 23.6 Å². The third-order valence-electron chi connectivity index (χ3n) is 8.36. The Hall–Kier alpha value is -4.55. The van der Waals surface area contributed by atoms with E-state index in [2.05, 4.69) is 20.3 Å². The number of aromatic amines is 1. The fraction of sp³-hybridized carbons (Fsp3) is 0.414. The van der Waals surface area contributed by atoms with E-state index in [0.717, 1.165) is 11.6 Å². The summed E-state index contributed by atoms with van der Waals surface area (Å²) in [4.78, 5) is 53.7. The molecule has 6 rings (SSSR count). The van der Waals surface area contributed by atoms with Crippen molar-refractivity contribution < 1.29 is 18.4 Å². The molecule has 4 aromatic rings. The maximum atomic E-state index is 14.8. The molecule has 3 amide bonds. The number of likely N-dealkylation sites (tertiary alicyclic amines) is 1. The highest BCUT2D eigenvalue weighted by Gasteiger charge is 2.34. The first-order valence-electron chi connectivity index (χ1n) is 14.0. The lowest BCUT2D eigenvalue weighted by Gasteiger charge is -2.33. The number of benzene rings is 1. The molecule has 0 bridgehead atoms. The van der Waals surface area contributed by atoms with E-state index in [1.807, 2.05) is 6.07 Å². The number of imidazole rings is 2. The Morgan fingerprint density at radius 1 is 1.05 bits per heavy atom. The van der Waals surface area contributed by atoms with Crippen molar-refractivity contribution in [3.8, 4) is 0 Å². The lowest BCUT2D eigenvalue weighted by molar-refractivity contribution is 0.0816. The van der Waals surface area contributed by atoms with Gasteiger partial charge < -0.3 is 19.7 Å². The Kier molecular flexibility index (Phi) is 7.25. The van der Waals surface area contributed by atoms with E-state index in [9.17, 15) is 23.2 Å². The normalized spacial score (nSPS) is 19.4. The fourth-order valence-corrected chi connectivity index (χ4v) is 6.18. The van der Waals surface area contributed by atoms with Crippen LogP contribution in [0.4, 0.5) is 13.6 Å². The molecule has 42 heavy (non-hydrogen) atoms. The summed E-state index contributed by atoms with van der Waals surface area (Å²) in [7, 11) is 3.26. The summed E-state index contributed by atoms with van der Waals surface area (Å²) in [5.41, 5.74) is 1.61. The van der Waals surface area contributed by atoms with Gasteiger partial charge in [0.2, 0.25) is 0 Å². The summed E-state index contributed by atoms with van der Waals surface area (Å²) in [5.74, 6) is -2.03. The molecular weight excluding hydrogens is 546 g/mol. The van der Waals surface area contributed by atoms with Crippen LogP contribution in [0, 0.1) is 11.6 Å². The number of hydrogen-bond acceptors (Lipinski definition) is 5. The Labute approximate surface area is 240 Å². The number of carbonyl (C=O) groups excluding carboxylic acids is 2. The van der Waals surface area contributed by atoms with E-state index in [1.54, 1.807) is 46.5 Å². The zero-order chi connectivity index (χ0) is 29.5. The highest BCUT2D eigenvalue weighted by Crippen LogP contribution is 2.35. The average Bonchev–Trinajstić information content (AvgIpc) is 3.50. The molecule has 0 radical (unpaired) electrons. The second-order valence-corrected chi connectivity index (χ2v) is 11.1. The molecule has 0 spiro atoms. The summed E-state index contributed by atoms with van der Waals surface area (Å²) >= 11 is 0. The minimum absolute atomic E-state index is 0.0715. The van der Waals surface area contributed by atoms with Crippen LogP contribution in [0.15, 0.2) is 47.5 Å². The number of H-pyrrole nitrogens is 1. The van der Waals surface area contributed by atoms with Crippen LogP contribution in [0.3, 0.4) is 0 Å². The van der Waals surface area contributed by atoms with Gasteiger partial charge in [0.15, 0.2) is 17.3 Å². The number of pyridine rings is 1. The van der Waals surface area contributed by atoms with Crippen molar-refractivity contribution in [2.45, 2.75) is 50.2 Å². The molecule has 13 heteroatoms. The number of rotatable bonds is 4. The van der Waals surface area contributed by atoms with E-state index in [1.165, 1.54) is 17.2 Å². The van der Waals surface area contributed by atoms with Crippen molar-refractivity contribution in [3.05, 3.63) is 81.9 Å². The monoisotopic (exact) mass is 578 g/mol. The van der Waals surface area contributed by atoms with E-state index in [0.29, 0.717) is 55.9 Å². The number of fused-ring (bicyclic) bond motifs is 2. The molecule has 1 aromatic carbocycles. The highest BCUT2D eigenvalue weighted by molar-refractivity contribution is 5.92. The Balaban J connectivity index is 1.21. The van der Waals surface area contributed by atoms with Crippen LogP contribution >= 0.6 is 0 Å². The number of hydrogen-bond donors (Lipinski definition) is 2. The molecule has 0 unspecified atom stereocenters. The molecule has 3 aromatic heterocycles. The van der Waals surface area contributed by atoms with Crippen molar-refractivity contribution >= 4 is 23.1 Å². The van der Waals surface area contributed by atoms with Gasteiger partial charge in [-0.1, -0.05) is 12.1 Å². The summed E-state index contributed by atoms with van der Waals surface area (Å²) in [5, 5.41) is 3.08. The van der Waals surface area contributed by atoms with Crippen LogP contribution in [0.25, 0.3) is 11.2 Å². The number of urea groups is 1. The standard InChI is InChI=1S/C29H32F2N8O3/c1-36(2)27(40)23-15-33-26-21(9-8-17(16-38(23)26)19-5-3-6-20(30)24(19)31)34-28(41)37-13-10-18(11-14-37)39-22-7-4-12-32-25(22)35-29(39)42/h3-7,12,15,17-18,21H,8-11,13-14,16H2,1-2H3,(H,34,41)(H,32,35,42)/t17-,21-/m1/s1. The lowest BCUT2D eigenvalue weighted by atomic mass is 9.92. The summed E-state index contributed by atoms with van der Waals surface area (Å²) in [6.45, 7) is 1.10. The minimum atomic E-state index is -0.924. The number of aromatic nitrogens is 5. The predicted octanol–water partition coefficient (Wildman–Crippen LogP) is 3.57. The molecular formula is C29H32F2N8O3. The molecule has 1 saturated heterocycles. The zero-order valence-electron chi connectivity index (χ0n) is 23.4. The van der Waals surface area contributed by atoms with Crippen molar-refractivity contribution in [1.29, 1.82) is 0 Å². The molecule has 2 atom stereocenters. The van der Waals surface area contributed by atoms with Crippen LogP contribution in [0.5, 0.6) is 0 Å². The van der Waals surface area contributed by atoms with Gasteiger partial charge in [-0.3, -0.25) is 14.3 Å². The topological polar surface area (TPSA) is 121 Å². The van der Waals surface area contributed by atoms with Gasteiger partial charge in [0.25, 0.3) is 5.91 Å². The van der Waals surface area contributed by atoms with Gasteiger partial charge in [-0.15, -0.1) is 0 Å². The molecule has 2 aliphatic heterocycles. The molecule has 2 aliphatic rings. The van der Waals surface area contributed by atoms with Gasteiger partial charge in [-0.25, -0.2) is 28.3 Å². The van der Waals surface area contributed by atoms with E-state index in [4.69, 9.17) is 0 Å². The summed E-state index contributed by atoms with van der Waals surface area (Å²) in [6.07, 6.45) is 5.16. The number of amides is 3. The quantitative estimate of drug-likeness (QED) is 0.384. The SMILES string of the molecule is CN(C)C(=O)c1cnc2n1C[C@H](c1cccc(F)c1F)CC[C@H]2NC(=O)N1CCC(n2c(=O)[nH]c3ncccc32)CC1. The number of nitrogens with zero attached hydrogens (tertiary/aromatic N) is 6. The van der Waals surface area contributed by atoms with Gasteiger partial charge >= 0.3 is 11.7 Å². The van der Waals surface area contributed by atoms with Gasteiger partial charge in [-0.2, -0.15) is 0 Å². The predicted molar refractivity (Wildman–Crippen MR) is 150 cm³/mol. The minimum Gasteiger partial charge on any atom is -0.343 e. The van der Waals surface area contributed by atoms with E-state index in [-0.39, 0.29) is 35.8 Å². The fourth-order valence-electron chi connectivity index (χ4n) is 6.18. The first kappa shape index (κ1) is 27.6. The highest BCUT2D eigenvalue weighted by atomic mass is 19.2. The van der Waals surface area contributed by atoms with Gasteiger partial charge in [0, 0.05) is 51.9 Å². The summed E-state index contributed by atoms with van der Waals surface area (Å²) < 4.78 is 32.4. The maximum absolute atomic E-state index is 14.8. The van der Waals surface area contributed by atoms with Crippen LogP contribution in [-0.2, 0) is 6.54 Å². The molecule has 1 fully saturated rings. The van der Waals surface area contributed by atoms with Crippen LogP contribution in [0.1, 0.15) is 65.6 Å². The molecule has 220 valence electrons. The van der Waals surface area contributed by atoms with E-state index >= 15 is 0 Å². The number of carbonyl (C=O) groups is 2.